The van der Waals surface area contributed by atoms with Crippen molar-refractivity contribution in [3.8, 4) is 0 Å². The standard InChI is InChI=1S/C20H20N2O3/c1-14-17(15-3-7-21-8-4-15)13-18(16-5-9-22-10-6-16)19(14)20(23)25-12-11-24-2/h3-10H,11-13H2,1-2H3. The molecule has 2 heterocycles. The minimum atomic E-state index is -0.314. The molecule has 0 spiro atoms. The number of carbonyl (C=O) groups excluding carboxylic acids is 1. The third kappa shape index (κ3) is 3.67. The number of aromatic nitrogens is 2. The van der Waals surface area contributed by atoms with Crippen LogP contribution in [0.2, 0.25) is 0 Å². The molecule has 0 radical (unpaired) electrons. The van der Waals surface area contributed by atoms with Gasteiger partial charge < -0.3 is 9.47 Å². The lowest BCUT2D eigenvalue weighted by molar-refractivity contribution is -0.139. The summed E-state index contributed by atoms with van der Waals surface area (Å²) in [6, 6.07) is 7.76. The molecule has 0 aromatic carbocycles. The van der Waals surface area contributed by atoms with Gasteiger partial charge in [-0.3, -0.25) is 9.97 Å². The third-order valence-electron chi connectivity index (χ3n) is 4.27. The zero-order chi connectivity index (χ0) is 17.6. The van der Waals surface area contributed by atoms with Gasteiger partial charge in [0.15, 0.2) is 0 Å². The average molecular weight is 336 g/mol. The zero-order valence-electron chi connectivity index (χ0n) is 14.4. The van der Waals surface area contributed by atoms with E-state index in [1.807, 2.05) is 31.2 Å². The van der Waals surface area contributed by atoms with Crippen LogP contribution in [0.4, 0.5) is 0 Å². The molecule has 2 aromatic heterocycles. The van der Waals surface area contributed by atoms with Crippen LogP contribution >= 0.6 is 0 Å². The molecule has 128 valence electrons. The summed E-state index contributed by atoms with van der Waals surface area (Å²) in [4.78, 5) is 20.8. The van der Waals surface area contributed by atoms with E-state index in [1.54, 1.807) is 31.9 Å². The second-order valence-corrected chi connectivity index (χ2v) is 5.73. The first-order valence-electron chi connectivity index (χ1n) is 8.12. The average Bonchev–Trinajstić information content (AvgIpc) is 3.00. The number of pyridine rings is 2. The van der Waals surface area contributed by atoms with E-state index >= 15 is 0 Å². The summed E-state index contributed by atoms with van der Waals surface area (Å²) in [5, 5.41) is 0. The van der Waals surface area contributed by atoms with Gasteiger partial charge in [-0.1, -0.05) is 0 Å². The van der Waals surface area contributed by atoms with Crippen LogP contribution in [0.3, 0.4) is 0 Å². The minimum absolute atomic E-state index is 0.236. The van der Waals surface area contributed by atoms with E-state index in [2.05, 4.69) is 9.97 Å². The van der Waals surface area contributed by atoms with E-state index < -0.39 is 0 Å². The van der Waals surface area contributed by atoms with Crippen molar-refractivity contribution >= 4 is 17.1 Å². The summed E-state index contributed by atoms with van der Waals surface area (Å²) >= 11 is 0. The SMILES string of the molecule is COCCOC(=O)C1=C(c2ccncc2)CC(c2ccncc2)=C1C. The predicted octanol–water partition coefficient (Wildman–Crippen LogP) is 3.30. The summed E-state index contributed by atoms with van der Waals surface area (Å²) in [6.07, 6.45) is 7.66. The number of allylic oxidation sites excluding steroid dienone is 2. The van der Waals surface area contributed by atoms with Gasteiger partial charge >= 0.3 is 5.97 Å². The first-order chi connectivity index (χ1) is 12.2. The number of rotatable bonds is 6. The van der Waals surface area contributed by atoms with Gasteiger partial charge in [0.1, 0.15) is 6.61 Å². The normalized spacial score (nSPS) is 14.2. The largest absolute Gasteiger partial charge is 0.460 e. The van der Waals surface area contributed by atoms with Crippen LogP contribution in [0.1, 0.15) is 24.5 Å². The number of ether oxygens (including phenoxy) is 2. The monoisotopic (exact) mass is 336 g/mol. The Kier molecular flexibility index (Phi) is 5.36. The number of methoxy groups -OCH3 is 1. The van der Waals surface area contributed by atoms with Crippen molar-refractivity contribution in [3.05, 3.63) is 71.3 Å². The lowest BCUT2D eigenvalue weighted by atomic mass is 9.99. The second-order valence-electron chi connectivity index (χ2n) is 5.73. The maximum atomic E-state index is 12.7. The molecule has 1 aliphatic rings. The quantitative estimate of drug-likeness (QED) is 0.598. The Morgan fingerprint density at radius 3 is 2.08 bits per heavy atom. The molecule has 0 N–H and O–H groups in total. The van der Waals surface area contributed by atoms with Crippen molar-refractivity contribution in [1.82, 2.24) is 9.97 Å². The summed E-state index contributed by atoms with van der Waals surface area (Å²) in [5.41, 5.74) is 5.72. The lowest BCUT2D eigenvalue weighted by Crippen LogP contribution is -2.13. The predicted molar refractivity (Wildman–Crippen MR) is 95.4 cm³/mol. The van der Waals surface area contributed by atoms with E-state index in [0.29, 0.717) is 18.6 Å². The summed E-state index contributed by atoms with van der Waals surface area (Å²) in [7, 11) is 1.58. The molecular weight excluding hydrogens is 316 g/mol. The molecular formula is C20H20N2O3. The van der Waals surface area contributed by atoms with Crippen LogP contribution in [0.5, 0.6) is 0 Å². The first-order valence-corrected chi connectivity index (χ1v) is 8.12. The van der Waals surface area contributed by atoms with Gasteiger partial charge in [0.05, 0.1) is 12.2 Å². The van der Waals surface area contributed by atoms with E-state index in [-0.39, 0.29) is 12.6 Å². The Labute approximate surface area is 147 Å². The van der Waals surface area contributed by atoms with Crippen molar-refractivity contribution in [1.29, 1.82) is 0 Å². The van der Waals surface area contributed by atoms with E-state index in [4.69, 9.17) is 9.47 Å². The van der Waals surface area contributed by atoms with Crippen molar-refractivity contribution in [2.45, 2.75) is 13.3 Å². The minimum Gasteiger partial charge on any atom is -0.460 e. The number of carbonyl (C=O) groups is 1. The smallest absolute Gasteiger partial charge is 0.338 e. The topological polar surface area (TPSA) is 61.3 Å². The molecule has 0 unspecified atom stereocenters. The highest BCUT2D eigenvalue weighted by atomic mass is 16.6. The summed E-state index contributed by atoms with van der Waals surface area (Å²) in [5.74, 6) is -0.314. The lowest BCUT2D eigenvalue weighted by Gasteiger charge is -2.09. The van der Waals surface area contributed by atoms with Crippen LogP contribution in [0, 0.1) is 0 Å². The first kappa shape index (κ1) is 17.0. The molecule has 2 aromatic rings. The molecule has 0 bridgehead atoms. The van der Waals surface area contributed by atoms with Crippen molar-refractivity contribution in [2.24, 2.45) is 0 Å². The molecule has 0 saturated carbocycles. The molecule has 3 rings (SSSR count). The van der Waals surface area contributed by atoms with Gasteiger partial charge in [-0.05, 0) is 65.5 Å². The number of nitrogens with zero attached hydrogens (tertiary/aromatic N) is 2. The van der Waals surface area contributed by atoms with Crippen LogP contribution in [-0.2, 0) is 14.3 Å². The van der Waals surface area contributed by atoms with Gasteiger partial charge in [-0.15, -0.1) is 0 Å². The van der Waals surface area contributed by atoms with Gasteiger partial charge in [0.2, 0.25) is 0 Å². The van der Waals surface area contributed by atoms with Crippen LogP contribution in [-0.4, -0.2) is 36.3 Å². The Hall–Kier alpha value is -2.79. The fraction of sp³-hybridized carbons (Fsp3) is 0.250. The van der Waals surface area contributed by atoms with Crippen LogP contribution in [0.15, 0.2) is 60.2 Å². The molecule has 0 saturated heterocycles. The Morgan fingerprint density at radius 1 is 0.960 bits per heavy atom. The Morgan fingerprint density at radius 2 is 1.52 bits per heavy atom. The van der Waals surface area contributed by atoms with E-state index in [9.17, 15) is 4.79 Å². The maximum Gasteiger partial charge on any atom is 0.338 e. The number of hydrogen-bond donors (Lipinski definition) is 0. The fourth-order valence-corrected chi connectivity index (χ4v) is 3.01. The van der Waals surface area contributed by atoms with Crippen LogP contribution < -0.4 is 0 Å². The fourth-order valence-electron chi connectivity index (χ4n) is 3.01. The summed E-state index contributed by atoms with van der Waals surface area (Å²) in [6.45, 7) is 2.58. The zero-order valence-corrected chi connectivity index (χ0v) is 14.4. The highest BCUT2D eigenvalue weighted by molar-refractivity contribution is 6.09. The molecule has 1 aliphatic carbocycles. The molecule has 0 atom stereocenters. The molecule has 5 nitrogen and oxygen atoms in total. The molecule has 0 aliphatic heterocycles. The van der Waals surface area contributed by atoms with Crippen molar-refractivity contribution < 1.29 is 14.3 Å². The number of hydrogen-bond acceptors (Lipinski definition) is 5. The maximum absolute atomic E-state index is 12.7. The van der Waals surface area contributed by atoms with Crippen molar-refractivity contribution in [3.63, 3.8) is 0 Å². The van der Waals surface area contributed by atoms with Gasteiger partial charge in [-0.2, -0.15) is 0 Å². The highest BCUT2D eigenvalue weighted by Gasteiger charge is 2.29. The van der Waals surface area contributed by atoms with Crippen LogP contribution in [0.25, 0.3) is 11.1 Å². The van der Waals surface area contributed by atoms with E-state index in [1.165, 1.54) is 0 Å². The van der Waals surface area contributed by atoms with Gasteiger partial charge in [0.25, 0.3) is 0 Å². The highest BCUT2D eigenvalue weighted by Crippen LogP contribution is 2.43. The number of esters is 1. The van der Waals surface area contributed by atoms with Gasteiger partial charge in [-0.25, -0.2) is 4.79 Å². The molecule has 0 fully saturated rings. The Balaban J connectivity index is 1.99. The second kappa shape index (κ2) is 7.85. The molecule has 25 heavy (non-hydrogen) atoms. The van der Waals surface area contributed by atoms with Gasteiger partial charge in [0, 0.05) is 31.9 Å². The third-order valence-corrected chi connectivity index (χ3v) is 4.27. The molecule has 0 amide bonds. The summed E-state index contributed by atoms with van der Waals surface area (Å²) < 4.78 is 10.4. The Bertz CT molecular complexity index is 811. The van der Waals surface area contributed by atoms with E-state index in [0.717, 1.165) is 27.8 Å². The molecule has 5 heteroatoms. The van der Waals surface area contributed by atoms with Crippen molar-refractivity contribution in [2.75, 3.05) is 20.3 Å².